The highest BCUT2D eigenvalue weighted by Crippen LogP contribution is 2.21. The quantitative estimate of drug-likeness (QED) is 0.310. The maximum Gasteiger partial charge on any atom is 0.311 e. The van der Waals surface area contributed by atoms with E-state index >= 15 is 0 Å². The number of nitrogens with one attached hydrogen (secondary N) is 2. The molecule has 2 aromatic carbocycles. The number of carbonyl (C=O) groups excluding carboxylic acids is 3. The first-order valence-corrected chi connectivity index (χ1v) is 10.3. The molecule has 2 unspecified atom stereocenters. The molecule has 172 valence electrons. The topological polar surface area (TPSA) is 114 Å². The van der Waals surface area contributed by atoms with Crippen molar-refractivity contribution in [2.24, 2.45) is 11.3 Å². The Balaban J connectivity index is 2.05. The zero-order valence-corrected chi connectivity index (χ0v) is 18.8. The fourth-order valence-electron chi connectivity index (χ4n) is 2.77. The number of esters is 1. The second-order valence-electron chi connectivity index (χ2n) is 8.57. The zero-order chi connectivity index (χ0) is 23.7. The molecule has 2 rings (SSSR count). The fourth-order valence-corrected chi connectivity index (χ4v) is 2.77. The normalized spacial score (nSPS) is 12.9. The van der Waals surface area contributed by atoms with Crippen LogP contribution in [0.3, 0.4) is 0 Å². The van der Waals surface area contributed by atoms with Gasteiger partial charge in [-0.2, -0.15) is 0 Å². The van der Waals surface area contributed by atoms with E-state index in [4.69, 9.17) is 14.7 Å². The molecule has 0 bridgehead atoms. The van der Waals surface area contributed by atoms with E-state index in [1.165, 1.54) is 0 Å². The van der Waals surface area contributed by atoms with Crippen LogP contribution in [-0.2, 0) is 14.3 Å². The minimum Gasteiger partial charge on any atom is -0.463 e. The molecular weight excluding hydrogens is 412 g/mol. The van der Waals surface area contributed by atoms with E-state index in [1.54, 1.807) is 57.4 Å². The van der Waals surface area contributed by atoms with E-state index in [2.05, 4.69) is 5.32 Å². The number of amides is 2. The Morgan fingerprint density at radius 2 is 1.56 bits per heavy atom. The second-order valence-corrected chi connectivity index (χ2v) is 8.57. The van der Waals surface area contributed by atoms with Crippen molar-refractivity contribution in [3.8, 4) is 11.5 Å². The van der Waals surface area contributed by atoms with Crippen LogP contribution in [0.15, 0.2) is 54.6 Å². The maximum absolute atomic E-state index is 12.7. The van der Waals surface area contributed by atoms with Gasteiger partial charge in [-0.25, -0.2) is 5.48 Å². The van der Waals surface area contributed by atoms with Crippen LogP contribution >= 0.6 is 0 Å². The lowest BCUT2D eigenvalue weighted by Gasteiger charge is -2.24. The van der Waals surface area contributed by atoms with Gasteiger partial charge in [0.05, 0.1) is 11.5 Å². The summed E-state index contributed by atoms with van der Waals surface area (Å²) in [4.78, 5) is 36.6. The van der Waals surface area contributed by atoms with E-state index in [0.717, 1.165) is 0 Å². The summed E-state index contributed by atoms with van der Waals surface area (Å²) in [7, 11) is 0. The van der Waals surface area contributed by atoms with Crippen LogP contribution in [0.25, 0.3) is 0 Å². The van der Waals surface area contributed by atoms with Crippen molar-refractivity contribution < 1.29 is 29.1 Å². The molecule has 0 radical (unpaired) electrons. The summed E-state index contributed by atoms with van der Waals surface area (Å²) in [5, 5.41) is 11.7. The summed E-state index contributed by atoms with van der Waals surface area (Å²) in [5.41, 5.74) is 1.29. The molecule has 2 atom stereocenters. The first-order chi connectivity index (χ1) is 15.1. The summed E-state index contributed by atoms with van der Waals surface area (Å²) in [6, 6.07) is 15.2. The molecule has 0 aliphatic carbocycles. The summed E-state index contributed by atoms with van der Waals surface area (Å²) >= 11 is 0. The van der Waals surface area contributed by atoms with Crippen molar-refractivity contribution in [2.45, 2.75) is 40.2 Å². The van der Waals surface area contributed by atoms with E-state index in [0.29, 0.717) is 17.1 Å². The number of ether oxygens (including phenoxy) is 2. The van der Waals surface area contributed by atoms with Crippen molar-refractivity contribution in [3.63, 3.8) is 0 Å². The molecule has 8 nitrogen and oxygen atoms in total. The first-order valence-electron chi connectivity index (χ1n) is 10.3. The van der Waals surface area contributed by atoms with Gasteiger partial charge in [0.1, 0.15) is 18.1 Å². The molecule has 0 aliphatic rings. The van der Waals surface area contributed by atoms with Gasteiger partial charge in [-0.05, 0) is 63.6 Å². The first kappa shape index (κ1) is 24.9. The number of hydrogen-bond donors (Lipinski definition) is 3. The number of para-hydroxylation sites is 1. The van der Waals surface area contributed by atoms with Crippen LogP contribution in [0.1, 0.15) is 44.5 Å². The van der Waals surface area contributed by atoms with Crippen molar-refractivity contribution in [2.75, 3.05) is 6.61 Å². The highest BCUT2D eigenvalue weighted by molar-refractivity contribution is 5.94. The Morgan fingerprint density at radius 1 is 0.969 bits per heavy atom. The third kappa shape index (κ3) is 7.70. The summed E-state index contributed by atoms with van der Waals surface area (Å²) < 4.78 is 11.1. The lowest BCUT2D eigenvalue weighted by Crippen LogP contribution is -2.42. The molecule has 8 heteroatoms. The van der Waals surface area contributed by atoms with Gasteiger partial charge in [0.15, 0.2) is 0 Å². The molecule has 0 saturated carbocycles. The minimum atomic E-state index is -0.697. The van der Waals surface area contributed by atoms with Gasteiger partial charge in [-0.3, -0.25) is 19.6 Å². The Labute approximate surface area is 187 Å². The van der Waals surface area contributed by atoms with E-state index in [-0.39, 0.29) is 18.9 Å². The van der Waals surface area contributed by atoms with E-state index in [9.17, 15) is 14.4 Å². The number of carbonyl (C=O) groups is 3. The maximum atomic E-state index is 12.7. The average molecular weight is 443 g/mol. The number of hydroxylamine groups is 1. The Morgan fingerprint density at radius 3 is 2.12 bits per heavy atom. The third-order valence-corrected chi connectivity index (χ3v) is 4.65. The molecule has 0 spiro atoms. The molecule has 3 N–H and O–H groups in total. The van der Waals surface area contributed by atoms with Crippen LogP contribution in [0, 0.1) is 11.3 Å². The molecule has 0 aliphatic heterocycles. The Bertz CT molecular complexity index is 906. The number of rotatable bonds is 9. The summed E-state index contributed by atoms with van der Waals surface area (Å²) in [6.07, 6.45) is 0.171. The van der Waals surface area contributed by atoms with Gasteiger partial charge in [-0.15, -0.1) is 0 Å². The van der Waals surface area contributed by atoms with Gasteiger partial charge in [0.25, 0.3) is 5.91 Å². The summed E-state index contributed by atoms with van der Waals surface area (Å²) in [5.74, 6) is -0.740. The second kappa shape index (κ2) is 11.3. The van der Waals surface area contributed by atoms with Crippen molar-refractivity contribution in [3.05, 3.63) is 60.2 Å². The Hall–Kier alpha value is -3.39. The minimum absolute atomic E-state index is 0.0971. The molecule has 32 heavy (non-hydrogen) atoms. The van der Waals surface area contributed by atoms with Crippen LogP contribution in [0.2, 0.25) is 0 Å². The monoisotopic (exact) mass is 442 g/mol. The van der Waals surface area contributed by atoms with Gasteiger partial charge in [-0.1, -0.05) is 25.1 Å². The largest absolute Gasteiger partial charge is 0.463 e. The molecule has 2 amide bonds. The molecule has 0 heterocycles. The van der Waals surface area contributed by atoms with Crippen molar-refractivity contribution in [1.29, 1.82) is 0 Å². The van der Waals surface area contributed by atoms with Crippen molar-refractivity contribution in [1.82, 2.24) is 10.8 Å². The van der Waals surface area contributed by atoms with Gasteiger partial charge >= 0.3 is 5.97 Å². The fraction of sp³-hybridized carbons (Fsp3) is 0.375. The number of hydrogen-bond acceptors (Lipinski definition) is 6. The predicted octanol–water partition coefficient (Wildman–Crippen LogP) is 3.70. The van der Waals surface area contributed by atoms with Crippen LogP contribution in [-0.4, -0.2) is 35.6 Å². The van der Waals surface area contributed by atoms with Gasteiger partial charge in [0.2, 0.25) is 5.91 Å². The molecule has 0 saturated heterocycles. The van der Waals surface area contributed by atoms with E-state index in [1.807, 2.05) is 30.3 Å². The molecule has 0 aromatic heterocycles. The summed E-state index contributed by atoms with van der Waals surface area (Å²) in [6.45, 7) is 6.68. The highest BCUT2D eigenvalue weighted by Gasteiger charge is 2.26. The van der Waals surface area contributed by atoms with Crippen LogP contribution in [0.5, 0.6) is 11.5 Å². The van der Waals surface area contributed by atoms with Crippen LogP contribution < -0.4 is 15.5 Å². The standard InChI is InChI=1S/C24H30N2O6/c1-16(21(27)26-30)14-18(15-31-23(29)24(2,3)4)25-22(28)17-10-12-20(13-11-17)32-19-8-6-5-7-9-19/h5-13,16,18,30H,14-15H2,1-4H3,(H,25,28)(H,26,27). The predicted molar refractivity (Wildman–Crippen MR) is 118 cm³/mol. The lowest BCUT2D eigenvalue weighted by atomic mass is 9.97. The third-order valence-electron chi connectivity index (χ3n) is 4.65. The molecule has 0 fully saturated rings. The molecular formula is C24H30N2O6. The van der Waals surface area contributed by atoms with Crippen molar-refractivity contribution >= 4 is 17.8 Å². The van der Waals surface area contributed by atoms with Gasteiger partial charge < -0.3 is 14.8 Å². The SMILES string of the molecule is CC(CC(COC(=O)C(C)(C)C)NC(=O)c1ccc(Oc2ccccc2)cc1)C(=O)NO. The lowest BCUT2D eigenvalue weighted by molar-refractivity contribution is -0.153. The smallest absolute Gasteiger partial charge is 0.311 e. The highest BCUT2D eigenvalue weighted by atomic mass is 16.5. The number of benzene rings is 2. The van der Waals surface area contributed by atoms with Crippen LogP contribution in [0.4, 0.5) is 0 Å². The Kier molecular flexibility index (Phi) is 8.78. The molecule has 2 aromatic rings. The van der Waals surface area contributed by atoms with E-state index < -0.39 is 29.3 Å². The zero-order valence-electron chi connectivity index (χ0n) is 18.8. The average Bonchev–Trinajstić information content (AvgIpc) is 2.77. The van der Waals surface area contributed by atoms with Gasteiger partial charge in [0, 0.05) is 11.5 Å².